The van der Waals surface area contributed by atoms with Crippen molar-refractivity contribution in [3.63, 3.8) is 0 Å². The number of benzene rings is 1. The minimum absolute atomic E-state index is 0.362. The smallest absolute Gasteiger partial charge is 0.336 e. The van der Waals surface area contributed by atoms with Gasteiger partial charge in [-0.25, -0.2) is 4.79 Å². The molecular formula is C14H14O4. The summed E-state index contributed by atoms with van der Waals surface area (Å²) in [5.74, 6) is -0.362. The van der Waals surface area contributed by atoms with Crippen LogP contribution in [0.1, 0.15) is 31.9 Å². The Morgan fingerprint density at radius 1 is 1.39 bits per heavy atom. The Labute approximate surface area is 104 Å². The molecule has 0 aliphatic rings. The molecule has 0 bridgehead atoms. The molecule has 1 atom stereocenters. The van der Waals surface area contributed by atoms with Gasteiger partial charge in [-0.05, 0) is 12.5 Å². The average Bonchev–Trinajstić information content (AvgIpc) is 2.34. The first-order valence-electron chi connectivity index (χ1n) is 5.82. The maximum Gasteiger partial charge on any atom is 0.336 e. The summed E-state index contributed by atoms with van der Waals surface area (Å²) >= 11 is 0. The van der Waals surface area contributed by atoms with Crippen molar-refractivity contribution in [1.82, 2.24) is 0 Å². The van der Waals surface area contributed by atoms with Crippen molar-refractivity contribution in [2.45, 2.75) is 26.4 Å². The molecule has 0 fully saturated rings. The molecule has 0 aliphatic heterocycles. The van der Waals surface area contributed by atoms with Crippen molar-refractivity contribution in [2.24, 2.45) is 0 Å². The zero-order valence-electron chi connectivity index (χ0n) is 10.3. The van der Waals surface area contributed by atoms with Crippen molar-refractivity contribution in [3.8, 4) is 0 Å². The predicted octanol–water partition coefficient (Wildman–Crippen LogP) is 2.81. The molecule has 94 valence electrons. The Morgan fingerprint density at radius 3 is 2.78 bits per heavy atom. The summed E-state index contributed by atoms with van der Waals surface area (Å²) in [5, 5.41) is 0.796. The lowest BCUT2D eigenvalue weighted by Crippen LogP contribution is -2.11. The van der Waals surface area contributed by atoms with Gasteiger partial charge in [-0.15, -0.1) is 0 Å². The van der Waals surface area contributed by atoms with Crippen LogP contribution in [0, 0.1) is 0 Å². The summed E-state index contributed by atoms with van der Waals surface area (Å²) in [7, 11) is 0. The molecule has 2 aromatic rings. The Hall–Kier alpha value is -2.10. The van der Waals surface area contributed by atoms with Crippen LogP contribution in [0.5, 0.6) is 0 Å². The standard InChI is InChI=1S/C14H14O4/c1-3-12(17-9(2)15)11-8-14(16)18-13-7-5-4-6-10(11)13/h4-8,12H,3H2,1-2H3. The van der Waals surface area contributed by atoms with Gasteiger partial charge >= 0.3 is 11.6 Å². The van der Waals surface area contributed by atoms with Gasteiger partial charge in [0.15, 0.2) is 0 Å². The zero-order chi connectivity index (χ0) is 13.1. The highest BCUT2D eigenvalue weighted by Gasteiger charge is 2.17. The summed E-state index contributed by atoms with van der Waals surface area (Å²) in [4.78, 5) is 22.6. The van der Waals surface area contributed by atoms with E-state index in [0.717, 1.165) is 5.39 Å². The first-order chi connectivity index (χ1) is 8.61. The minimum atomic E-state index is -0.436. The zero-order valence-corrected chi connectivity index (χ0v) is 10.3. The van der Waals surface area contributed by atoms with Crippen LogP contribution in [-0.2, 0) is 9.53 Å². The Balaban J connectivity index is 2.61. The van der Waals surface area contributed by atoms with Gasteiger partial charge < -0.3 is 9.15 Å². The van der Waals surface area contributed by atoms with E-state index in [2.05, 4.69) is 0 Å². The number of hydrogen-bond donors (Lipinski definition) is 0. The molecule has 1 aromatic carbocycles. The molecule has 2 rings (SSSR count). The maximum atomic E-state index is 11.5. The van der Waals surface area contributed by atoms with E-state index >= 15 is 0 Å². The lowest BCUT2D eigenvalue weighted by molar-refractivity contribution is -0.146. The number of rotatable bonds is 3. The average molecular weight is 246 g/mol. The van der Waals surface area contributed by atoms with Gasteiger partial charge in [-0.1, -0.05) is 25.1 Å². The highest BCUT2D eigenvalue weighted by Crippen LogP contribution is 2.27. The summed E-state index contributed by atoms with van der Waals surface area (Å²) in [6.07, 6.45) is 0.184. The van der Waals surface area contributed by atoms with Crippen LogP contribution in [0.2, 0.25) is 0 Å². The molecule has 1 unspecified atom stereocenters. The van der Waals surface area contributed by atoms with E-state index in [1.807, 2.05) is 19.1 Å². The fourth-order valence-electron chi connectivity index (χ4n) is 1.97. The van der Waals surface area contributed by atoms with Gasteiger partial charge in [-0.2, -0.15) is 0 Å². The number of esters is 1. The number of hydrogen-bond acceptors (Lipinski definition) is 4. The van der Waals surface area contributed by atoms with E-state index in [-0.39, 0.29) is 5.97 Å². The highest BCUT2D eigenvalue weighted by atomic mass is 16.5. The summed E-state index contributed by atoms with van der Waals surface area (Å²) in [6.45, 7) is 3.26. The molecule has 4 nitrogen and oxygen atoms in total. The van der Waals surface area contributed by atoms with Gasteiger partial charge in [0.05, 0.1) is 0 Å². The van der Waals surface area contributed by atoms with E-state index in [0.29, 0.717) is 17.6 Å². The molecule has 0 saturated carbocycles. The van der Waals surface area contributed by atoms with Crippen molar-refractivity contribution in [3.05, 3.63) is 46.3 Å². The van der Waals surface area contributed by atoms with Crippen molar-refractivity contribution >= 4 is 16.9 Å². The fraction of sp³-hybridized carbons (Fsp3) is 0.286. The van der Waals surface area contributed by atoms with Gasteiger partial charge in [-0.3, -0.25) is 4.79 Å². The quantitative estimate of drug-likeness (QED) is 0.617. The second-order valence-electron chi connectivity index (χ2n) is 4.02. The summed E-state index contributed by atoms with van der Waals surface area (Å²) in [6, 6.07) is 8.61. The monoisotopic (exact) mass is 246 g/mol. The van der Waals surface area contributed by atoms with Crippen LogP contribution in [0.4, 0.5) is 0 Å². The summed E-state index contributed by atoms with van der Waals surface area (Å²) in [5.41, 5.74) is 0.763. The minimum Gasteiger partial charge on any atom is -0.458 e. The van der Waals surface area contributed by atoms with Crippen LogP contribution in [-0.4, -0.2) is 5.97 Å². The molecule has 0 radical (unpaired) electrons. The van der Waals surface area contributed by atoms with Crippen molar-refractivity contribution < 1.29 is 13.9 Å². The van der Waals surface area contributed by atoms with Gasteiger partial charge in [0.25, 0.3) is 0 Å². The number of para-hydroxylation sites is 1. The van der Waals surface area contributed by atoms with E-state index in [4.69, 9.17) is 9.15 Å². The van der Waals surface area contributed by atoms with E-state index in [1.54, 1.807) is 12.1 Å². The first-order valence-corrected chi connectivity index (χ1v) is 5.82. The molecule has 0 aliphatic carbocycles. The van der Waals surface area contributed by atoms with E-state index in [1.165, 1.54) is 13.0 Å². The van der Waals surface area contributed by atoms with Crippen molar-refractivity contribution in [1.29, 1.82) is 0 Å². The Kier molecular flexibility index (Phi) is 3.46. The number of carbonyl (C=O) groups excluding carboxylic acids is 1. The molecule has 0 spiro atoms. The second-order valence-corrected chi connectivity index (χ2v) is 4.02. The second kappa shape index (κ2) is 5.04. The fourth-order valence-corrected chi connectivity index (χ4v) is 1.97. The Morgan fingerprint density at radius 2 is 2.11 bits per heavy atom. The van der Waals surface area contributed by atoms with Crippen LogP contribution in [0.3, 0.4) is 0 Å². The van der Waals surface area contributed by atoms with Crippen molar-refractivity contribution in [2.75, 3.05) is 0 Å². The molecule has 1 aromatic heterocycles. The number of ether oxygens (including phenoxy) is 1. The molecule has 0 amide bonds. The van der Waals surface area contributed by atoms with E-state index < -0.39 is 11.7 Å². The third kappa shape index (κ3) is 2.42. The predicted molar refractivity (Wildman–Crippen MR) is 67.3 cm³/mol. The molecule has 0 saturated heterocycles. The third-order valence-corrected chi connectivity index (χ3v) is 2.71. The highest BCUT2D eigenvalue weighted by molar-refractivity contribution is 5.80. The Bertz CT molecular complexity index is 627. The normalized spacial score (nSPS) is 12.3. The van der Waals surface area contributed by atoms with Gasteiger partial charge in [0.1, 0.15) is 11.7 Å². The van der Waals surface area contributed by atoms with Crippen LogP contribution >= 0.6 is 0 Å². The molecule has 4 heteroatoms. The third-order valence-electron chi connectivity index (χ3n) is 2.71. The number of carbonyl (C=O) groups is 1. The van der Waals surface area contributed by atoms with Gasteiger partial charge in [0.2, 0.25) is 0 Å². The lowest BCUT2D eigenvalue weighted by Gasteiger charge is -2.16. The van der Waals surface area contributed by atoms with E-state index in [9.17, 15) is 9.59 Å². The molecule has 1 heterocycles. The first kappa shape index (κ1) is 12.4. The molecular weight excluding hydrogens is 232 g/mol. The molecule has 18 heavy (non-hydrogen) atoms. The largest absolute Gasteiger partial charge is 0.458 e. The maximum absolute atomic E-state index is 11.5. The topological polar surface area (TPSA) is 56.5 Å². The summed E-state index contributed by atoms with van der Waals surface area (Å²) < 4.78 is 10.3. The SMILES string of the molecule is CCC(OC(C)=O)c1cc(=O)oc2ccccc12. The van der Waals surface area contributed by atoms with Crippen LogP contribution in [0.15, 0.2) is 39.5 Å². The van der Waals surface area contributed by atoms with Crippen LogP contribution < -0.4 is 5.63 Å². The number of fused-ring (bicyclic) bond motifs is 1. The molecule has 0 N–H and O–H groups in total. The van der Waals surface area contributed by atoms with Crippen LogP contribution in [0.25, 0.3) is 11.0 Å². The van der Waals surface area contributed by atoms with Gasteiger partial charge in [0, 0.05) is 23.9 Å². The lowest BCUT2D eigenvalue weighted by atomic mass is 10.0.